The van der Waals surface area contributed by atoms with E-state index in [-0.39, 0.29) is 71.6 Å². The number of likely N-dealkylation sites (tertiary alicyclic amines) is 5. The zero-order valence-electron chi connectivity index (χ0n) is 84.9. The molecule has 7 heterocycles. The maximum atomic E-state index is 13.4. The summed E-state index contributed by atoms with van der Waals surface area (Å²) in [4.78, 5) is 93.0. The van der Waals surface area contributed by atoms with Gasteiger partial charge in [0.2, 0.25) is 11.8 Å². The molecule has 0 radical (unpaired) electrons. The second-order valence-electron chi connectivity index (χ2n) is 40.0. The van der Waals surface area contributed by atoms with Crippen molar-refractivity contribution < 1.29 is 32.8 Å². The maximum absolute atomic E-state index is 13.4. The van der Waals surface area contributed by atoms with Crippen molar-refractivity contribution in [1.82, 2.24) is 66.0 Å². The Labute approximate surface area is 868 Å². The molecule has 764 valence electrons. The van der Waals surface area contributed by atoms with Crippen LogP contribution in [-0.2, 0) is 41.7 Å². The molecule has 5 aliphatic heterocycles. The molecule has 5 N–H and O–H groups in total. The number of hydrogen-bond acceptors (Lipinski definition) is 12. The van der Waals surface area contributed by atoms with Gasteiger partial charge in [-0.3, -0.25) is 29.4 Å². The zero-order chi connectivity index (χ0) is 101. The fourth-order valence-electron chi connectivity index (χ4n) is 21.5. The van der Waals surface area contributed by atoms with Crippen LogP contribution in [0.1, 0.15) is 158 Å². The number of hydrogen-bond donors (Lipinski definition) is 5. The molecule has 0 spiro atoms. The number of carbonyl (C=O) groups is 5. The first kappa shape index (κ1) is 106. The third-order valence-corrected chi connectivity index (χ3v) is 29.4. The van der Waals surface area contributed by atoms with E-state index in [1.54, 1.807) is 22.2 Å². The summed E-state index contributed by atoms with van der Waals surface area (Å²) in [6.07, 6.45) is 26.0. The van der Waals surface area contributed by atoms with Crippen molar-refractivity contribution in [2.75, 3.05) is 108 Å². The van der Waals surface area contributed by atoms with Crippen LogP contribution in [0.25, 0.3) is 0 Å². The third-order valence-electron chi connectivity index (χ3n) is 29.4. The van der Waals surface area contributed by atoms with Crippen LogP contribution in [0.3, 0.4) is 0 Å². The fraction of sp³-hybridized carbons (Fsp3) is 0.352. The van der Waals surface area contributed by atoms with Crippen molar-refractivity contribution in [2.45, 2.75) is 183 Å². The predicted octanol–water partition coefficient (Wildman–Crippen LogP) is 22.3. The lowest BCUT2D eigenvalue weighted by molar-refractivity contribution is -0.123. The molecule has 2 saturated carbocycles. The van der Waals surface area contributed by atoms with Crippen molar-refractivity contribution >= 4 is 52.7 Å². The van der Waals surface area contributed by atoms with E-state index in [9.17, 15) is 32.8 Å². The van der Waals surface area contributed by atoms with Gasteiger partial charge in [-0.2, -0.15) is 0 Å². The molecule has 2 aromatic heterocycles. The highest BCUT2D eigenvalue weighted by Gasteiger charge is 2.38. The van der Waals surface area contributed by atoms with Crippen LogP contribution < -0.4 is 36.4 Å². The highest BCUT2D eigenvalue weighted by atomic mass is 19.1. The minimum absolute atomic E-state index is 0.00900. The van der Waals surface area contributed by atoms with Gasteiger partial charge in [0, 0.05) is 153 Å². The standard InChI is InChI=1S/2C25H26FN3O.C25H39N3O.2C25H27N3O/c26-21-13-11-20(12-14-21)15-17-28-18-16-22(19-28)27-25(30)29(23-7-3-1-4-8-23)24-9-5-2-6-10-24;26-21-11-9-19(10-12-21)13-16-29-17-14-22(18-29)28-25(30)24(20-6-2-1-3-7-20)23-8-4-5-15-27-23;2*29-25(28(23-12-6-2-7-13-23)24-14-8-3-9-15-24)26-22-17-19-27(20-22)18-16-21-10-4-1-5-11-21;29-25(24(21-11-5-2-6-12-21)23-13-7-8-16-26-23)27-22-15-18-28(19-22)17-14-20-9-3-1-4-10-20/h1-14,22H,15-19H2,(H,27,30);1-12,15,22,24H,13-14,16-18H2,(H,28,30);1,4-5,10-11,22-24H,2-3,6-9,12-20H2,(H,26,29);1-15,22H,16-20H2,(H,26,29);1-13,16,22,24H,14-15,17-19H2,(H,27,29)/t22-;22-,24?;2*22-;22-,24?/m00000/s1. The van der Waals surface area contributed by atoms with Gasteiger partial charge in [0.05, 0.1) is 34.1 Å². The van der Waals surface area contributed by atoms with E-state index in [0.717, 1.165) is 219 Å². The number of aromatic nitrogens is 2. The number of pyridine rings is 2. The zero-order valence-corrected chi connectivity index (χ0v) is 84.9. The number of para-hydroxylation sites is 4. The molecule has 5 saturated heterocycles. The molecule has 20 rings (SSSR count). The van der Waals surface area contributed by atoms with Gasteiger partial charge in [0.15, 0.2) is 0 Å². The summed E-state index contributed by atoms with van der Waals surface area (Å²) in [5.74, 6) is -1.18. The number of urea groups is 3. The van der Waals surface area contributed by atoms with Crippen molar-refractivity contribution in [1.29, 1.82) is 0 Å². The molecule has 8 amide bonds. The summed E-state index contributed by atoms with van der Waals surface area (Å²) in [5, 5.41) is 16.4. The number of nitrogens with zero attached hydrogens (tertiary/aromatic N) is 10. The van der Waals surface area contributed by atoms with E-state index < -0.39 is 5.92 Å². The first-order chi connectivity index (χ1) is 72.3. The predicted molar refractivity (Wildman–Crippen MR) is 587 cm³/mol. The van der Waals surface area contributed by atoms with E-state index in [1.807, 2.05) is 243 Å². The summed E-state index contributed by atoms with van der Waals surface area (Å²) in [5.41, 5.74) is 13.3. The average molecular weight is 1980 g/mol. The summed E-state index contributed by atoms with van der Waals surface area (Å²) >= 11 is 0. The van der Waals surface area contributed by atoms with E-state index in [2.05, 4.69) is 157 Å². The third kappa shape index (κ3) is 33.1. The van der Waals surface area contributed by atoms with Crippen LogP contribution in [0.4, 0.5) is 45.9 Å². The van der Waals surface area contributed by atoms with Crippen molar-refractivity contribution in [3.05, 3.63) is 432 Å². The number of rotatable bonds is 32. The topological polar surface area (TPSA) is 197 Å². The first-order valence-corrected chi connectivity index (χ1v) is 53.5. The summed E-state index contributed by atoms with van der Waals surface area (Å²) in [6, 6.07) is 117. The number of nitrogens with one attached hydrogen (secondary N) is 5. The van der Waals surface area contributed by atoms with Gasteiger partial charge in [0.25, 0.3) is 0 Å². The smallest absolute Gasteiger partial charge is 0.326 e. The lowest BCUT2D eigenvalue weighted by atomic mass is 9.89. The molecule has 7 atom stereocenters. The Kier molecular flexibility index (Phi) is 40.9. The number of halogens is 2. The SMILES string of the molecule is O=C(N[C@H]1CCN(CCc2ccc(F)cc2)C1)C(c1ccccc1)c1ccccn1.O=C(N[C@H]1CCN(CCc2ccc(F)cc2)C1)N(c1ccccc1)c1ccccc1.O=C(N[C@H]1CCN(CCc2ccccc2)C1)C(c1ccccc1)c1ccccn1.O=C(N[C@H]1CCN(CCc2ccccc2)C1)N(C1CCCCC1)C1CCCCC1.O=C(N[C@H]1CCN(CCc2ccccc2)C1)N(c1ccccc1)c1ccccc1. The lowest BCUT2D eigenvalue weighted by Crippen LogP contribution is -2.55. The number of carbonyl (C=O) groups excluding carboxylic acids is 5. The van der Waals surface area contributed by atoms with Gasteiger partial charge in [-0.1, -0.05) is 299 Å². The van der Waals surface area contributed by atoms with E-state index in [1.165, 1.54) is 105 Å². The highest BCUT2D eigenvalue weighted by molar-refractivity contribution is 6.00. The fourth-order valence-corrected chi connectivity index (χ4v) is 21.5. The van der Waals surface area contributed by atoms with Crippen LogP contribution in [0.2, 0.25) is 0 Å². The van der Waals surface area contributed by atoms with Gasteiger partial charge < -0.3 is 56.0 Å². The van der Waals surface area contributed by atoms with Crippen LogP contribution in [0, 0.1) is 11.6 Å². The molecule has 20 nitrogen and oxygen atoms in total. The number of anilines is 4. The molecular formula is C125H145F2N15O5. The van der Waals surface area contributed by atoms with Crippen LogP contribution in [0.15, 0.2) is 370 Å². The monoisotopic (exact) mass is 1970 g/mol. The minimum Gasteiger partial charge on any atom is -0.351 e. The van der Waals surface area contributed by atoms with Crippen molar-refractivity contribution in [3.63, 3.8) is 0 Å². The van der Waals surface area contributed by atoms with Gasteiger partial charge in [-0.15, -0.1) is 0 Å². The van der Waals surface area contributed by atoms with E-state index >= 15 is 0 Å². The van der Waals surface area contributed by atoms with Crippen molar-refractivity contribution in [3.8, 4) is 0 Å². The summed E-state index contributed by atoms with van der Waals surface area (Å²) in [7, 11) is 0. The molecular weight excluding hydrogens is 1830 g/mol. The molecule has 7 fully saturated rings. The Morgan fingerprint density at radius 1 is 0.265 bits per heavy atom. The second kappa shape index (κ2) is 56.7. The van der Waals surface area contributed by atoms with Gasteiger partial charge in [-0.25, -0.2) is 23.2 Å². The van der Waals surface area contributed by atoms with Crippen LogP contribution in [-0.4, -0.2) is 210 Å². The molecule has 0 bridgehead atoms. The maximum Gasteiger partial charge on any atom is 0.326 e. The van der Waals surface area contributed by atoms with Crippen LogP contribution >= 0.6 is 0 Å². The lowest BCUT2D eigenvalue weighted by Gasteiger charge is -2.42. The largest absolute Gasteiger partial charge is 0.351 e. The van der Waals surface area contributed by atoms with Crippen molar-refractivity contribution in [2.24, 2.45) is 0 Å². The molecule has 22 heteroatoms. The molecule has 11 aromatic carbocycles. The van der Waals surface area contributed by atoms with E-state index in [0.29, 0.717) is 18.1 Å². The molecule has 13 aromatic rings. The second-order valence-corrected chi connectivity index (χ2v) is 40.0. The van der Waals surface area contributed by atoms with Gasteiger partial charge in [-0.05, 0) is 226 Å². The Morgan fingerprint density at radius 3 is 0.769 bits per heavy atom. The van der Waals surface area contributed by atoms with Gasteiger partial charge >= 0.3 is 18.1 Å². The normalized spacial score (nSPS) is 18.5. The molecule has 2 aliphatic carbocycles. The number of benzene rings is 11. The Morgan fingerprint density at radius 2 is 0.503 bits per heavy atom. The minimum atomic E-state index is -0.416. The average Bonchev–Trinajstić information content (AvgIpc) is 1.78. The number of amides is 8. The summed E-state index contributed by atoms with van der Waals surface area (Å²) in [6.45, 7) is 14.5. The molecule has 2 unspecified atom stereocenters. The molecule has 7 aliphatic rings. The first-order valence-electron chi connectivity index (χ1n) is 53.5. The Hall–Kier alpha value is -13.9. The highest BCUT2D eigenvalue weighted by Crippen LogP contribution is 2.34. The van der Waals surface area contributed by atoms with Gasteiger partial charge in [0.1, 0.15) is 23.5 Å². The van der Waals surface area contributed by atoms with E-state index in [4.69, 9.17) is 0 Å². The Bertz CT molecular complexity index is 5540. The quantitative estimate of drug-likeness (QED) is 0.0268. The van der Waals surface area contributed by atoms with Crippen LogP contribution in [0.5, 0.6) is 0 Å². The summed E-state index contributed by atoms with van der Waals surface area (Å²) < 4.78 is 26.1. The molecule has 147 heavy (non-hydrogen) atoms. The Balaban J connectivity index is 0.000000131.